The van der Waals surface area contributed by atoms with E-state index in [1.165, 1.54) is 0 Å². The van der Waals surface area contributed by atoms with Crippen molar-refractivity contribution in [2.45, 2.75) is 37.6 Å². The molecule has 2 aromatic carbocycles. The molecule has 37 heavy (non-hydrogen) atoms. The minimum absolute atomic E-state index is 0.339. The van der Waals surface area contributed by atoms with Crippen molar-refractivity contribution in [3.05, 3.63) is 88.8 Å². The predicted octanol–water partition coefficient (Wildman–Crippen LogP) is 5.47. The van der Waals surface area contributed by atoms with Gasteiger partial charge in [-0.2, -0.15) is 4.31 Å². The quantitative estimate of drug-likeness (QED) is 0.301. The Hall–Kier alpha value is -3.27. The number of benzene rings is 2. The number of ether oxygens (including phenoxy) is 1. The fourth-order valence-corrected chi connectivity index (χ4v) is 6.87. The van der Waals surface area contributed by atoms with Crippen LogP contribution in [0.15, 0.2) is 88.3 Å². The molecule has 3 heterocycles. The van der Waals surface area contributed by atoms with Crippen LogP contribution in [0.4, 0.5) is 5.69 Å². The molecule has 1 saturated heterocycles. The Kier molecular flexibility index (Phi) is 7.83. The Morgan fingerprint density at radius 2 is 1.76 bits per heavy atom. The van der Waals surface area contributed by atoms with Crippen molar-refractivity contribution in [1.29, 1.82) is 0 Å². The molecular weight excluding hydrogens is 504 g/mol. The smallest absolute Gasteiger partial charge is 0.243 e. The topological polar surface area (TPSA) is 76.8 Å². The van der Waals surface area contributed by atoms with Gasteiger partial charge in [0.25, 0.3) is 0 Å². The van der Waals surface area contributed by atoms with Crippen molar-refractivity contribution in [3.8, 4) is 17.0 Å². The average molecular weight is 535 g/mol. The summed E-state index contributed by atoms with van der Waals surface area (Å²) >= 11 is 1.55. The molecule has 0 unspecified atom stereocenters. The second-order valence-electron chi connectivity index (χ2n) is 8.88. The van der Waals surface area contributed by atoms with Crippen LogP contribution in [-0.4, -0.2) is 42.0 Å². The zero-order valence-electron chi connectivity index (χ0n) is 20.8. The van der Waals surface area contributed by atoms with E-state index >= 15 is 0 Å². The third kappa shape index (κ3) is 5.84. The van der Waals surface area contributed by atoms with E-state index < -0.39 is 10.0 Å². The first kappa shape index (κ1) is 25.4. The Morgan fingerprint density at radius 1 is 1.00 bits per heavy atom. The molecule has 2 aromatic heterocycles. The van der Waals surface area contributed by atoms with Crippen molar-refractivity contribution < 1.29 is 13.2 Å². The van der Waals surface area contributed by atoms with Gasteiger partial charge in [-0.1, -0.05) is 24.6 Å². The van der Waals surface area contributed by atoms with Gasteiger partial charge >= 0.3 is 0 Å². The number of rotatable bonds is 8. The zero-order chi connectivity index (χ0) is 25.7. The number of pyridine rings is 1. The SMILES string of the molecule is CCOc1ccc(N=c2scc(-c3ccc(S(=O)(=O)N4CCCCC4)cc3)n2Cc2cccnc2)cc1. The van der Waals surface area contributed by atoms with E-state index in [-0.39, 0.29) is 0 Å². The van der Waals surface area contributed by atoms with Crippen molar-refractivity contribution >= 4 is 27.0 Å². The monoisotopic (exact) mass is 534 g/mol. The maximum Gasteiger partial charge on any atom is 0.243 e. The van der Waals surface area contributed by atoms with E-state index in [1.54, 1.807) is 34.0 Å². The van der Waals surface area contributed by atoms with E-state index in [2.05, 4.69) is 14.9 Å². The van der Waals surface area contributed by atoms with E-state index in [9.17, 15) is 8.42 Å². The van der Waals surface area contributed by atoms with Crippen LogP contribution in [-0.2, 0) is 16.6 Å². The number of piperidine rings is 1. The maximum atomic E-state index is 13.1. The molecule has 1 fully saturated rings. The largest absolute Gasteiger partial charge is 0.494 e. The molecule has 9 heteroatoms. The average Bonchev–Trinajstić information content (AvgIpc) is 3.32. The summed E-state index contributed by atoms with van der Waals surface area (Å²) in [5, 5.41) is 2.07. The number of thiazole rings is 1. The third-order valence-electron chi connectivity index (χ3n) is 6.34. The van der Waals surface area contributed by atoms with Gasteiger partial charge in [-0.3, -0.25) is 4.98 Å². The van der Waals surface area contributed by atoms with Crippen molar-refractivity contribution in [3.63, 3.8) is 0 Å². The lowest BCUT2D eigenvalue weighted by Gasteiger charge is -2.25. The summed E-state index contributed by atoms with van der Waals surface area (Å²) in [7, 11) is -3.47. The van der Waals surface area contributed by atoms with Gasteiger partial charge in [0.1, 0.15) is 5.75 Å². The standard InChI is InChI=1S/C28H30N4O3S2/c1-2-35-25-12-10-24(11-13-25)30-28-32(20-22-7-6-16-29-19-22)27(21-36-28)23-8-14-26(15-9-23)37(33,34)31-17-4-3-5-18-31/h6-16,19,21H,2-5,17-18,20H2,1H3. The minimum atomic E-state index is -3.47. The first-order chi connectivity index (χ1) is 18.0. The molecule has 0 saturated carbocycles. The molecule has 5 rings (SSSR count). The summed E-state index contributed by atoms with van der Waals surface area (Å²) in [4.78, 5) is 10.4. The molecule has 0 amide bonds. The van der Waals surface area contributed by atoms with Crippen molar-refractivity contribution in [2.24, 2.45) is 4.99 Å². The van der Waals surface area contributed by atoms with Crippen LogP contribution in [0.2, 0.25) is 0 Å². The fraction of sp³-hybridized carbons (Fsp3) is 0.286. The zero-order valence-corrected chi connectivity index (χ0v) is 22.4. The van der Waals surface area contributed by atoms with Crippen LogP contribution in [0, 0.1) is 0 Å². The molecule has 0 spiro atoms. The van der Waals surface area contributed by atoms with Gasteiger partial charge in [0.15, 0.2) is 4.80 Å². The molecule has 192 valence electrons. The second kappa shape index (κ2) is 11.4. The molecule has 0 aliphatic carbocycles. The second-order valence-corrected chi connectivity index (χ2v) is 11.7. The van der Waals surface area contributed by atoms with Gasteiger partial charge in [-0.25, -0.2) is 13.4 Å². The Bertz CT molecular complexity index is 1490. The fourth-order valence-electron chi connectivity index (χ4n) is 4.42. The molecule has 0 bridgehead atoms. The highest BCUT2D eigenvalue weighted by Gasteiger charge is 2.25. The molecule has 1 aliphatic rings. The number of nitrogens with zero attached hydrogens (tertiary/aromatic N) is 4. The van der Waals surface area contributed by atoms with Crippen LogP contribution in [0.25, 0.3) is 11.3 Å². The number of hydrogen-bond donors (Lipinski definition) is 0. The Balaban J connectivity index is 1.50. The summed E-state index contributed by atoms with van der Waals surface area (Å²) in [6.07, 6.45) is 6.53. The molecule has 0 N–H and O–H groups in total. The van der Waals surface area contributed by atoms with Crippen LogP contribution < -0.4 is 9.54 Å². The normalized spacial score (nSPS) is 15.1. The van der Waals surface area contributed by atoms with E-state index in [0.717, 1.165) is 52.3 Å². The number of hydrogen-bond acceptors (Lipinski definition) is 6. The van der Waals surface area contributed by atoms with E-state index in [0.29, 0.717) is 31.1 Å². The highest BCUT2D eigenvalue weighted by Crippen LogP contribution is 2.26. The highest BCUT2D eigenvalue weighted by atomic mass is 32.2. The molecule has 1 aliphatic heterocycles. The molecule has 0 atom stereocenters. The summed E-state index contributed by atoms with van der Waals surface area (Å²) in [5.41, 5.74) is 3.80. The van der Waals surface area contributed by atoms with Crippen LogP contribution in [0.3, 0.4) is 0 Å². The maximum absolute atomic E-state index is 13.1. The van der Waals surface area contributed by atoms with E-state index in [4.69, 9.17) is 9.73 Å². The molecule has 4 aromatic rings. The van der Waals surface area contributed by atoms with Crippen LogP contribution in [0.1, 0.15) is 31.7 Å². The summed E-state index contributed by atoms with van der Waals surface area (Å²) in [5.74, 6) is 0.816. The van der Waals surface area contributed by atoms with Crippen molar-refractivity contribution in [1.82, 2.24) is 13.9 Å². The van der Waals surface area contributed by atoms with E-state index in [1.807, 2.05) is 61.7 Å². The minimum Gasteiger partial charge on any atom is -0.494 e. The van der Waals surface area contributed by atoms with Gasteiger partial charge in [-0.15, -0.1) is 11.3 Å². The molecular formula is C28H30N4O3S2. The number of aromatic nitrogens is 2. The summed E-state index contributed by atoms with van der Waals surface area (Å²) < 4.78 is 35.5. The van der Waals surface area contributed by atoms with Gasteiger partial charge in [-0.05, 0) is 73.4 Å². The van der Waals surface area contributed by atoms with Crippen LogP contribution >= 0.6 is 11.3 Å². The predicted molar refractivity (Wildman–Crippen MR) is 147 cm³/mol. The molecule has 0 radical (unpaired) electrons. The lowest BCUT2D eigenvalue weighted by atomic mass is 10.1. The van der Waals surface area contributed by atoms with Crippen molar-refractivity contribution in [2.75, 3.05) is 19.7 Å². The van der Waals surface area contributed by atoms with Gasteiger partial charge in [0.2, 0.25) is 10.0 Å². The first-order valence-electron chi connectivity index (χ1n) is 12.5. The van der Waals surface area contributed by atoms with Gasteiger partial charge < -0.3 is 9.30 Å². The lowest BCUT2D eigenvalue weighted by molar-refractivity contribution is 0.340. The highest BCUT2D eigenvalue weighted by molar-refractivity contribution is 7.89. The Labute approximate surface area is 221 Å². The van der Waals surface area contributed by atoms with Gasteiger partial charge in [0, 0.05) is 30.9 Å². The third-order valence-corrected chi connectivity index (χ3v) is 9.11. The summed E-state index contributed by atoms with van der Waals surface area (Å²) in [6.45, 7) is 4.36. The van der Waals surface area contributed by atoms with Crippen LogP contribution in [0.5, 0.6) is 5.75 Å². The van der Waals surface area contributed by atoms with Gasteiger partial charge in [0.05, 0.1) is 29.4 Å². The summed E-state index contributed by atoms with van der Waals surface area (Å²) in [6, 6.07) is 18.9. The lowest BCUT2D eigenvalue weighted by Crippen LogP contribution is -2.35. The first-order valence-corrected chi connectivity index (χ1v) is 14.8. The Morgan fingerprint density at radius 3 is 2.43 bits per heavy atom. The number of sulfonamides is 1. The molecule has 7 nitrogen and oxygen atoms in total.